The third kappa shape index (κ3) is 6.02. The van der Waals surface area contributed by atoms with Gasteiger partial charge < -0.3 is 14.8 Å². The second-order valence-corrected chi connectivity index (χ2v) is 12.8. The summed E-state index contributed by atoms with van der Waals surface area (Å²) in [5, 5.41) is 13.9. The molecule has 2 aromatic heterocycles. The van der Waals surface area contributed by atoms with E-state index >= 15 is 0 Å². The topological polar surface area (TPSA) is 91.9 Å². The molecule has 2 N–H and O–H groups in total. The summed E-state index contributed by atoms with van der Waals surface area (Å²) in [5.41, 5.74) is 3.05. The predicted molar refractivity (Wildman–Crippen MR) is 162 cm³/mol. The molecule has 2 aromatic carbocycles. The third-order valence-electron chi connectivity index (χ3n) is 7.22. The van der Waals surface area contributed by atoms with E-state index in [0.29, 0.717) is 49.3 Å². The molecule has 0 saturated carbocycles. The summed E-state index contributed by atoms with van der Waals surface area (Å²) in [6.45, 7) is 6.78. The minimum atomic E-state index is -1.05. The molecule has 0 aliphatic heterocycles. The lowest BCUT2D eigenvalue weighted by atomic mass is 9.72. The number of carboxylic acid groups (broad SMARTS) is 1. The highest BCUT2D eigenvalue weighted by Gasteiger charge is 2.33. The monoisotopic (exact) mass is 594 g/mol. The number of fused-ring (bicyclic) bond motifs is 1. The highest BCUT2D eigenvalue weighted by molar-refractivity contribution is 7.16. The van der Waals surface area contributed by atoms with Crippen LogP contribution in [0.1, 0.15) is 64.1 Å². The van der Waals surface area contributed by atoms with E-state index in [4.69, 9.17) is 32.6 Å². The first-order valence-electron chi connectivity index (χ1n) is 12.9. The molecule has 4 aromatic rings. The Morgan fingerprint density at radius 2 is 1.85 bits per heavy atom. The number of aliphatic imine (C=N–C) groups is 1. The van der Waals surface area contributed by atoms with Crippen molar-refractivity contribution in [1.29, 1.82) is 0 Å². The molecule has 1 amide bonds. The fraction of sp³-hybridized carbons (Fsp3) is 0.258. The van der Waals surface area contributed by atoms with Crippen LogP contribution < -0.4 is 5.32 Å². The Balaban J connectivity index is 1.47. The van der Waals surface area contributed by atoms with Crippen molar-refractivity contribution >= 4 is 63.3 Å². The second kappa shape index (κ2) is 11.2. The van der Waals surface area contributed by atoms with Crippen molar-refractivity contribution in [2.75, 3.05) is 5.32 Å². The number of hydrogen-bond acceptors (Lipinski definition) is 5. The van der Waals surface area contributed by atoms with E-state index in [0.717, 1.165) is 24.8 Å². The zero-order chi connectivity index (χ0) is 28.6. The molecule has 40 heavy (non-hydrogen) atoms. The molecule has 2 heterocycles. The molecule has 1 aliphatic carbocycles. The number of carbonyl (C=O) groups excluding carboxylic acids is 1. The zero-order valence-corrected chi connectivity index (χ0v) is 24.6. The standard InChI is InChI=1S/C31H28Cl2N2O4S/c1-31(2,3)18-5-11-22-26(15-18)40-29(27(22)28(36)35-20-8-6-19(32)7-9-20)34-16-21-10-13-25(39-21)23-14-17(30(37)38)4-12-24(23)33/h4,6-10,12-14,16,18H,5,11,15H2,1-3H3,(H,35,36)(H,37,38)/t18-/m0/s1. The maximum absolute atomic E-state index is 13.6. The van der Waals surface area contributed by atoms with Crippen LogP contribution in [0.25, 0.3) is 11.3 Å². The number of thiophene rings is 1. The van der Waals surface area contributed by atoms with Gasteiger partial charge in [0.2, 0.25) is 0 Å². The predicted octanol–water partition coefficient (Wildman–Crippen LogP) is 9.17. The van der Waals surface area contributed by atoms with Crippen molar-refractivity contribution in [3.8, 4) is 11.3 Å². The number of amides is 1. The van der Waals surface area contributed by atoms with Gasteiger partial charge >= 0.3 is 5.97 Å². The van der Waals surface area contributed by atoms with Crippen LogP contribution in [0.5, 0.6) is 0 Å². The Morgan fingerprint density at radius 1 is 1.10 bits per heavy atom. The van der Waals surface area contributed by atoms with Crippen LogP contribution in [-0.2, 0) is 12.8 Å². The fourth-order valence-corrected chi connectivity index (χ4v) is 6.50. The van der Waals surface area contributed by atoms with Gasteiger partial charge in [-0.05, 0) is 90.8 Å². The van der Waals surface area contributed by atoms with E-state index in [1.54, 1.807) is 53.9 Å². The average molecular weight is 596 g/mol. The Labute approximate surface area is 246 Å². The number of aromatic carboxylic acids is 1. The number of carbonyl (C=O) groups is 2. The summed E-state index contributed by atoms with van der Waals surface area (Å²) in [7, 11) is 0. The van der Waals surface area contributed by atoms with Crippen LogP contribution >= 0.6 is 34.5 Å². The lowest BCUT2D eigenvalue weighted by Gasteiger charge is -2.33. The SMILES string of the molecule is CC(C)(C)[C@H]1CCc2c(sc(N=Cc3ccc(-c4cc(C(=O)O)ccc4Cl)o3)c2C(=O)Nc2ccc(Cl)cc2)C1. The van der Waals surface area contributed by atoms with Crippen molar-refractivity contribution in [3.05, 3.63) is 92.0 Å². The molecule has 0 radical (unpaired) electrons. The number of benzene rings is 2. The van der Waals surface area contributed by atoms with Gasteiger partial charge in [0.05, 0.1) is 22.4 Å². The van der Waals surface area contributed by atoms with Gasteiger partial charge in [0, 0.05) is 21.2 Å². The van der Waals surface area contributed by atoms with E-state index in [1.807, 2.05) is 0 Å². The van der Waals surface area contributed by atoms with Gasteiger partial charge in [-0.2, -0.15) is 0 Å². The van der Waals surface area contributed by atoms with Gasteiger partial charge in [-0.15, -0.1) is 11.3 Å². The van der Waals surface area contributed by atoms with E-state index in [2.05, 4.69) is 26.1 Å². The zero-order valence-electron chi connectivity index (χ0n) is 22.3. The summed E-state index contributed by atoms with van der Waals surface area (Å²) in [6, 6.07) is 14.9. The van der Waals surface area contributed by atoms with Crippen LogP contribution in [0.4, 0.5) is 10.7 Å². The molecule has 0 spiro atoms. The maximum Gasteiger partial charge on any atom is 0.335 e. The molecule has 1 atom stereocenters. The normalized spacial score (nSPS) is 15.3. The van der Waals surface area contributed by atoms with E-state index in [-0.39, 0.29) is 16.9 Å². The molecule has 1 aliphatic rings. The number of nitrogens with one attached hydrogen (secondary N) is 1. The molecule has 0 unspecified atom stereocenters. The Hall–Kier alpha value is -3.39. The second-order valence-electron chi connectivity index (χ2n) is 10.9. The van der Waals surface area contributed by atoms with Crippen LogP contribution in [0.2, 0.25) is 10.0 Å². The van der Waals surface area contributed by atoms with Gasteiger partial charge in [-0.25, -0.2) is 9.79 Å². The van der Waals surface area contributed by atoms with E-state index in [1.165, 1.54) is 23.1 Å². The Morgan fingerprint density at radius 3 is 2.55 bits per heavy atom. The minimum absolute atomic E-state index is 0.111. The number of nitrogens with zero attached hydrogens (tertiary/aromatic N) is 1. The summed E-state index contributed by atoms with van der Waals surface area (Å²) in [6.07, 6.45) is 4.31. The average Bonchev–Trinajstić information content (AvgIpc) is 3.52. The van der Waals surface area contributed by atoms with Crippen LogP contribution in [0.15, 0.2) is 64.0 Å². The largest absolute Gasteiger partial charge is 0.478 e. The van der Waals surface area contributed by atoms with E-state index < -0.39 is 5.97 Å². The molecular formula is C31H28Cl2N2O4S. The smallest absolute Gasteiger partial charge is 0.335 e. The molecule has 0 bridgehead atoms. The molecule has 206 valence electrons. The first-order valence-corrected chi connectivity index (χ1v) is 14.5. The number of hydrogen-bond donors (Lipinski definition) is 2. The quantitative estimate of drug-likeness (QED) is 0.218. The Kier molecular flexibility index (Phi) is 7.91. The highest BCUT2D eigenvalue weighted by Crippen LogP contribution is 2.45. The lowest BCUT2D eigenvalue weighted by Crippen LogP contribution is -2.27. The van der Waals surface area contributed by atoms with Gasteiger partial charge in [0.25, 0.3) is 5.91 Å². The number of anilines is 1. The van der Waals surface area contributed by atoms with Crippen molar-refractivity contribution < 1.29 is 19.1 Å². The first-order chi connectivity index (χ1) is 19.0. The molecule has 5 rings (SSSR count). The van der Waals surface area contributed by atoms with Crippen LogP contribution in [0, 0.1) is 11.3 Å². The molecule has 0 fully saturated rings. The fourth-order valence-electron chi connectivity index (χ4n) is 4.90. The number of halogens is 2. The van der Waals surface area contributed by atoms with Crippen molar-refractivity contribution in [1.82, 2.24) is 0 Å². The molecule has 0 saturated heterocycles. The van der Waals surface area contributed by atoms with Gasteiger partial charge in [-0.3, -0.25) is 4.79 Å². The van der Waals surface area contributed by atoms with E-state index in [9.17, 15) is 14.7 Å². The highest BCUT2D eigenvalue weighted by atomic mass is 35.5. The summed E-state index contributed by atoms with van der Waals surface area (Å²) in [5.74, 6) is 0.134. The number of carboxylic acids is 1. The number of furan rings is 1. The van der Waals surface area contributed by atoms with Crippen molar-refractivity contribution in [2.24, 2.45) is 16.3 Å². The third-order valence-corrected chi connectivity index (χ3v) is 8.96. The van der Waals surface area contributed by atoms with Gasteiger partial charge in [0.15, 0.2) is 0 Å². The molecular weight excluding hydrogens is 567 g/mol. The van der Waals surface area contributed by atoms with Gasteiger partial charge in [-0.1, -0.05) is 44.0 Å². The van der Waals surface area contributed by atoms with Crippen LogP contribution in [-0.4, -0.2) is 23.2 Å². The Bertz CT molecular complexity index is 1610. The number of rotatable bonds is 6. The molecule has 9 heteroatoms. The summed E-state index contributed by atoms with van der Waals surface area (Å²) >= 11 is 13.9. The molecule has 6 nitrogen and oxygen atoms in total. The lowest BCUT2D eigenvalue weighted by molar-refractivity contribution is 0.0696. The maximum atomic E-state index is 13.6. The van der Waals surface area contributed by atoms with Crippen molar-refractivity contribution in [3.63, 3.8) is 0 Å². The van der Waals surface area contributed by atoms with Crippen molar-refractivity contribution in [2.45, 2.75) is 40.0 Å². The first kappa shape index (κ1) is 28.1. The van der Waals surface area contributed by atoms with Crippen LogP contribution in [0.3, 0.4) is 0 Å². The summed E-state index contributed by atoms with van der Waals surface area (Å²) < 4.78 is 5.94. The minimum Gasteiger partial charge on any atom is -0.478 e. The summed E-state index contributed by atoms with van der Waals surface area (Å²) in [4.78, 5) is 30.9. The van der Waals surface area contributed by atoms with Gasteiger partial charge in [0.1, 0.15) is 16.5 Å².